The summed E-state index contributed by atoms with van der Waals surface area (Å²) < 4.78 is 13.5. The van der Waals surface area contributed by atoms with Crippen LogP contribution in [0.15, 0.2) is 22.7 Å². The zero-order valence-electron chi connectivity index (χ0n) is 9.20. The van der Waals surface area contributed by atoms with Crippen molar-refractivity contribution >= 4 is 21.9 Å². The minimum Gasteiger partial charge on any atom is -0.480 e. The van der Waals surface area contributed by atoms with E-state index in [1.807, 2.05) is 4.90 Å². The first-order chi connectivity index (χ1) is 8.08. The molecule has 1 fully saturated rings. The average molecular weight is 302 g/mol. The second kappa shape index (κ2) is 5.14. The minimum absolute atomic E-state index is 0.301. The fourth-order valence-electron chi connectivity index (χ4n) is 2.17. The lowest BCUT2D eigenvalue weighted by Crippen LogP contribution is -2.35. The topological polar surface area (TPSA) is 40.5 Å². The number of hydrogen-bond acceptors (Lipinski definition) is 2. The van der Waals surface area contributed by atoms with Gasteiger partial charge in [-0.15, -0.1) is 0 Å². The molecule has 92 valence electrons. The zero-order chi connectivity index (χ0) is 12.4. The van der Waals surface area contributed by atoms with Gasteiger partial charge in [-0.2, -0.15) is 0 Å². The molecule has 0 amide bonds. The van der Waals surface area contributed by atoms with Crippen LogP contribution in [0.2, 0.25) is 0 Å². The molecule has 1 N–H and O–H groups in total. The van der Waals surface area contributed by atoms with E-state index in [0.29, 0.717) is 17.4 Å². The van der Waals surface area contributed by atoms with Gasteiger partial charge in [0.05, 0.1) is 4.47 Å². The lowest BCUT2D eigenvalue weighted by Gasteiger charge is -2.21. The van der Waals surface area contributed by atoms with Crippen LogP contribution in [0, 0.1) is 5.82 Å². The molecular weight excluding hydrogens is 289 g/mol. The van der Waals surface area contributed by atoms with Gasteiger partial charge in [-0.1, -0.05) is 6.07 Å². The van der Waals surface area contributed by atoms with Crippen molar-refractivity contribution in [2.45, 2.75) is 25.4 Å². The predicted octanol–water partition coefficient (Wildman–Crippen LogP) is 2.64. The van der Waals surface area contributed by atoms with E-state index in [0.717, 1.165) is 18.5 Å². The van der Waals surface area contributed by atoms with Crippen molar-refractivity contribution < 1.29 is 14.3 Å². The highest BCUT2D eigenvalue weighted by Gasteiger charge is 2.30. The molecule has 1 atom stereocenters. The van der Waals surface area contributed by atoms with E-state index in [2.05, 4.69) is 15.9 Å². The molecule has 0 aromatic heterocycles. The molecule has 1 aromatic rings. The molecule has 1 heterocycles. The van der Waals surface area contributed by atoms with E-state index in [-0.39, 0.29) is 5.82 Å². The summed E-state index contributed by atoms with van der Waals surface area (Å²) in [5.41, 5.74) is 0.923. The number of nitrogens with zero attached hydrogens (tertiary/aromatic N) is 1. The molecule has 0 radical (unpaired) electrons. The number of carbonyl (C=O) groups is 1. The van der Waals surface area contributed by atoms with Crippen LogP contribution in [0.1, 0.15) is 18.4 Å². The number of aliphatic carboxylic acids is 1. The van der Waals surface area contributed by atoms with E-state index in [9.17, 15) is 9.18 Å². The van der Waals surface area contributed by atoms with Gasteiger partial charge in [0.15, 0.2) is 0 Å². The van der Waals surface area contributed by atoms with Gasteiger partial charge >= 0.3 is 5.97 Å². The van der Waals surface area contributed by atoms with Crippen molar-refractivity contribution in [2.75, 3.05) is 6.54 Å². The summed E-state index contributed by atoms with van der Waals surface area (Å²) in [7, 11) is 0. The number of likely N-dealkylation sites (tertiary alicyclic amines) is 1. The highest BCUT2D eigenvalue weighted by atomic mass is 79.9. The van der Waals surface area contributed by atoms with Gasteiger partial charge in [-0.05, 0) is 53.0 Å². The molecular formula is C12H13BrFNO2. The van der Waals surface area contributed by atoms with Crippen LogP contribution in [0.25, 0.3) is 0 Å². The zero-order valence-corrected chi connectivity index (χ0v) is 10.8. The maximum absolute atomic E-state index is 13.1. The van der Waals surface area contributed by atoms with Crippen molar-refractivity contribution in [3.63, 3.8) is 0 Å². The van der Waals surface area contributed by atoms with Crippen LogP contribution in [0.3, 0.4) is 0 Å². The largest absolute Gasteiger partial charge is 0.480 e. The molecule has 3 nitrogen and oxygen atoms in total. The van der Waals surface area contributed by atoms with Crippen LogP contribution in [-0.4, -0.2) is 28.6 Å². The molecule has 1 aliphatic heterocycles. The Bertz CT molecular complexity index is 439. The monoisotopic (exact) mass is 301 g/mol. The Labute approximate surface area is 107 Å². The maximum Gasteiger partial charge on any atom is 0.320 e. The van der Waals surface area contributed by atoms with Crippen LogP contribution in [-0.2, 0) is 11.3 Å². The molecule has 17 heavy (non-hydrogen) atoms. The van der Waals surface area contributed by atoms with Gasteiger partial charge < -0.3 is 5.11 Å². The fraction of sp³-hybridized carbons (Fsp3) is 0.417. The number of hydrogen-bond donors (Lipinski definition) is 1. The van der Waals surface area contributed by atoms with E-state index < -0.39 is 12.0 Å². The maximum atomic E-state index is 13.1. The molecule has 1 saturated heterocycles. The van der Waals surface area contributed by atoms with Gasteiger partial charge in [0, 0.05) is 6.54 Å². The molecule has 0 saturated carbocycles. The summed E-state index contributed by atoms with van der Waals surface area (Å²) in [6, 6.07) is 4.38. The number of benzene rings is 1. The fourth-order valence-corrected chi connectivity index (χ4v) is 2.59. The summed E-state index contributed by atoms with van der Waals surface area (Å²) in [6.45, 7) is 1.34. The summed E-state index contributed by atoms with van der Waals surface area (Å²) in [6.07, 6.45) is 1.59. The SMILES string of the molecule is O=C(O)C1CCCN1Cc1ccc(F)c(Br)c1. The smallest absolute Gasteiger partial charge is 0.320 e. The van der Waals surface area contributed by atoms with Gasteiger partial charge in [0.1, 0.15) is 11.9 Å². The first kappa shape index (κ1) is 12.5. The summed E-state index contributed by atoms with van der Waals surface area (Å²) in [4.78, 5) is 12.9. The van der Waals surface area contributed by atoms with Crippen LogP contribution >= 0.6 is 15.9 Å². The minimum atomic E-state index is -0.774. The lowest BCUT2D eigenvalue weighted by molar-refractivity contribution is -0.142. The molecule has 2 rings (SSSR count). The Morgan fingerprint density at radius 1 is 1.59 bits per heavy atom. The van der Waals surface area contributed by atoms with Crippen molar-refractivity contribution in [3.05, 3.63) is 34.1 Å². The number of carboxylic acids is 1. The van der Waals surface area contributed by atoms with Crippen molar-refractivity contribution in [3.8, 4) is 0 Å². The lowest BCUT2D eigenvalue weighted by atomic mass is 10.2. The second-order valence-corrected chi connectivity index (χ2v) is 5.07. The Morgan fingerprint density at radius 3 is 3.00 bits per heavy atom. The third-order valence-electron chi connectivity index (χ3n) is 3.02. The number of carboxylic acid groups (broad SMARTS) is 1. The normalized spacial score (nSPS) is 20.7. The van der Waals surface area contributed by atoms with Crippen LogP contribution < -0.4 is 0 Å². The van der Waals surface area contributed by atoms with Crippen LogP contribution in [0.4, 0.5) is 4.39 Å². The van der Waals surface area contributed by atoms with E-state index in [1.165, 1.54) is 6.07 Å². The van der Waals surface area contributed by atoms with E-state index in [1.54, 1.807) is 12.1 Å². The van der Waals surface area contributed by atoms with Gasteiger partial charge in [0.25, 0.3) is 0 Å². The number of halogens is 2. The molecule has 1 aromatic carbocycles. The van der Waals surface area contributed by atoms with E-state index >= 15 is 0 Å². The third-order valence-corrected chi connectivity index (χ3v) is 3.63. The highest BCUT2D eigenvalue weighted by molar-refractivity contribution is 9.10. The average Bonchev–Trinajstić information content (AvgIpc) is 2.72. The molecule has 0 spiro atoms. The molecule has 1 unspecified atom stereocenters. The molecule has 5 heteroatoms. The Balaban J connectivity index is 2.09. The van der Waals surface area contributed by atoms with Crippen molar-refractivity contribution in [1.82, 2.24) is 4.90 Å². The van der Waals surface area contributed by atoms with Gasteiger partial charge in [-0.25, -0.2) is 4.39 Å². The first-order valence-corrected chi connectivity index (χ1v) is 6.28. The Morgan fingerprint density at radius 2 is 2.35 bits per heavy atom. The summed E-state index contributed by atoms with van der Waals surface area (Å²) in [5.74, 6) is -1.08. The molecule has 1 aliphatic rings. The predicted molar refractivity (Wildman–Crippen MR) is 65.2 cm³/mol. The molecule has 0 aliphatic carbocycles. The summed E-state index contributed by atoms with van der Waals surface area (Å²) >= 11 is 3.13. The molecule has 0 bridgehead atoms. The Hall–Kier alpha value is -0.940. The van der Waals surface area contributed by atoms with E-state index in [4.69, 9.17) is 5.11 Å². The quantitative estimate of drug-likeness (QED) is 0.933. The third kappa shape index (κ3) is 2.84. The second-order valence-electron chi connectivity index (χ2n) is 4.22. The van der Waals surface area contributed by atoms with Crippen LogP contribution in [0.5, 0.6) is 0 Å². The van der Waals surface area contributed by atoms with Gasteiger partial charge in [0.2, 0.25) is 0 Å². The van der Waals surface area contributed by atoms with Crippen molar-refractivity contribution in [1.29, 1.82) is 0 Å². The first-order valence-electron chi connectivity index (χ1n) is 5.48. The van der Waals surface area contributed by atoms with Gasteiger partial charge in [-0.3, -0.25) is 9.69 Å². The standard InChI is InChI=1S/C12H13BrFNO2/c13-9-6-8(3-4-10(9)14)7-15-5-1-2-11(15)12(16)17/h3-4,6,11H,1-2,5,7H2,(H,16,17). The van der Waals surface area contributed by atoms with Crippen molar-refractivity contribution in [2.24, 2.45) is 0 Å². The Kier molecular flexibility index (Phi) is 3.79. The summed E-state index contributed by atoms with van der Waals surface area (Å²) in [5, 5.41) is 9.05. The highest BCUT2D eigenvalue weighted by Crippen LogP contribution is 2.22. The number of rotatable bonds is 3.